The van der Waals surface area contributed by atoms with E-state index in [0.717, 1.165) is 31.2 Å². The summed E-state index contributed by atoms with van der Waals surface area (Å²) in [6.45, 7) is 2.44. The Morgan fingerprint density at radius 3 is 2.46 bits per heavy atom. The summed E-state index contributed by atoms with van der Waals surface area (Å²) >= 11 is 0. The largest absolute Gasteiger partial charge is 0.450 e. The van der Waals surface area contributed by atoms with Crippen LogP contribution in [0.25, 0.3) is 0 Å². The maximum Gasteiger partial charge on any atom is 0.407 e. The van der Waals surface area contributed by atoms with Crippen molar-refractivity contribution >= 4 is 17.8 Å². The summed E-state index contributed by atoms with van der Waals surface area (Å²) in [5, 5.41) is 4.83. The lowest BCUT2D eigenvalue weighted by atomic mass is 10.1. The van der Waals surface area contributed by atoms with Gasteiger partial charge in [0.2, 0.25) is 5.78 Å². The number of ketones is 1. The van der Waals surface area contributed by atoms with E-state index in [1.807, 2.05) is 30.3 Å². The summed E-state index contributed by atoms with van der Waals surface area (Å²) in [4.78, 5) is 34.6. The van der Waals surface area contributed by atoms with Crippen molar-refractivity contribution in [2.75, 3.05) is 19.7 Å². The summed E-state index contributed by atoms with van der Waals surface area (Å²) in [6.07, 6.45) is 4.00. The number of carbonyl (C=O) groups excluding carboxylic acids is 3. The number of rotatable bonds is 11. The van der Waals surface area contributed by atoms with Gasteiger partial charge >= 0.3 is 6.09 Å². The van der Waals surface area contributed by atoms with Crippen LogP contribution in [-0.4, -0.2) is 37.5 Å². The van der Waals surface area contributed by atoms with E-state index in [4.69, 9.17) is 4.74 Å². The molecule has 0 unspecified atom stereocenters. The van der Waals surface area contributed by atoms with Crippen LogP contribution in [0.5, 0.6) is 0 Å². The van der Waals surface area contributed by atoms with Crippen molar-refractivity contribution in [2.45, 2.75) is 39.0 Å². The summed E-state index contributed by atoms with van der Waals surface area (Å²) in [5.41, 5.74) is 1.08. The molecule has 1 aromatic carbocycles. The molecular weight excluding hydrogens is 308 g/mol. The van der Waals surface area contributed by atoms with E-state index in [9.17, 15) is 14.4 Å². The number of unbranched alkanes of at least 4 members (excludes halogenated alkanes) is 3. The van der Waals surface area contributed by atoms with Gasteiger partial charge in [-0.25, -0.2) is 4.79 Å². The minimum absolute atomic E-state index is 0.323. The summed E-state index contributed by atoms with van der Waals surface area (Å²) in [7, 11) is 0. The molecule has 132 valence electrons. The van der Waals surface area contributed by atoms with Crippen LogP contribution in [0.2, 0.25) is 0 Å². The molecule has 0 saturated heterocycles. The second-order valence-corrected chi connectivity index (χ2v) is 5.46. The van der Waals surface area contributed by atoms with Gasteiger partial charge in [0.15, 0.2) is 0 Å². The first-order valence-corrected chi connectivity index (χ1v) is 8.39. The predicted octanol–water partition coefficient (Wildman–Crippen LogP) is 2.22. The molecule has 6 heteroatoms. The van der Waals surface area contributed by atoms with Gasteiger partial charge in [-0.1, -0.05) is 56.5 Å². The van der Waals surface area contributed by atoms with Crippen LogP contribution < -0.4 is 10.6 Å². The Labute approximate surface area is 143 Å². The molecule has 0 aliphatic carbocycles. The van der Waals surface area contributed by atoms with Gasteiger partial charge in [-0.15, -0.1) is 0 Å². The van der Waals surface area contributed by atoms with Crippen molar-refractivity contribution in [3.8, 4) is 0 Å². The Morgan fingerprint density at radius 2 is 1.75 bits per heavy atom. The minimum atomic E-state index is -0.700. The van der Waals surface area contributed by atoms with Gasteiger partial charge in [-0.05, 0) is 18.4 Å². The van der Waals surface area contributed by atoms with E-state index in [-0.39, 0.29) is 6.54 Å². The van der Waals surface area contributed by atoms with Crippen molar-refractivity contribution < 1.29 is 19.1 Å². The first-order valence-electron chi connectivity index (χ1n) is 8.39. The number of hydrogen-bond acceptors (Lipinski definition) is 4. The lowest BCUT2D eigenvalue weighted by molar-refractivity contribution is -0.137. The van der Waals surface area contributed by atoms with Crippen LogP contribution in [0.1, 0.15) is 38.2 Å². The highest BCUT2D eigenvalue weighted by Crippen LogP contribution is 1.99. The fourth-order valence-electron chi connectivity index (χ4n) is 2.04. The maximum atomic E-state index is 11.6. The standard InChI is InChI=1S/C18H26N2O4/c1-2-3-4-8-13-24-18(23)20-14-16(21)17(22)19-12-11-15-9-6-5-7-10-15/h5-7,9-10H,2-4,8,11-14H2,1H3,(H,19,22)(H,20,23). The first-order chi connectivity index (χ1) is 11.6. The van der Waals surface area contributed by atoms with E-state index in [2.05, 4.69) is 17.6 Å². The molecule has 0 fully saturated rings. The minimum Gasteiger partial charge on any atom is -0.450 e. The van der Waals surface area contributed by atoms with Gasteiger partial charge in [0.1, 0.15) is 0 Å². The van der Waals surface area contributed by atoms with Gasteiger partial charge in [0.05, 0.1) is 13.2 Å². The maximum absolute atomic E-state index is 11.6. The molecule has 1 rings (SSSR count). The second kappa shape index (κ2) is 12.1. The molecule has 0 aromatic heterocycles. The SMILES string of the molecule is CCCCCCOC(=O)NCC(=O)C(=O)NCCc1ccccc1. The molecular formula is C18H26N2O4. The number of carbonyl (C=O) groups is 3. The number of alkyl carbamates (subject to hydrolysis) is 1. The Kier molecular flexibility index (Phi) is 9.92. The normalized spacial score (nSPS) is 10.0. The zero-order valence-electron chi connectivity index (χ0n) is 14.2. The van der Waals surface area contributed by atoms with Gasteiger partial charge in [0, 0.05) is 6.54 Å². The second-order valence-electron chi connectivity index (χ2n) is 5.46. The van der Waals surface area contributed by atoms with Crippen LogP contribution in [-0.2, 0) is 20.7 Å². The number of nitrogens with one attached hydrogen (secondary N) is 2. The lowest BCUT2D eigenvalue weighted by Gasteiger charge is -2.07. The predicted molar refractivity (Wildman–Crippen MR) is 91.7 cm³/mol. The molecule has 0 spiro atoms. The molecule has 0 saturated carbocycles. The highest BCUT2D eigenvalue weighted by Gasteiger charge is 2.14. The summed E-state index contributed by atoms with van der Waals surface area (Å²) in [5.74, 6) is -1.39. The van der Waals surface area contributed by atoms with E-state index >= 15 is 0 Å². The van der Waals surface area contributed by atoms with Crippen LogP contribution in [0, 0.1) is 0 Å². The van der Waals surface area contributed by atoms with E-state index in [1.165, 1.54) is 0 Å². The van der Waals surface area contributed by atoms with E-state index in [0.29, 0.717) is 19.6 Å². The quantitative estimate of drug-likeness (QED) is 0.480. The molecule has 0 bridgehead atoms. The highest BCUT2D eigenvalue weighted by atomic mass is 16.5. The van der Waals surface area contributed by atoms with Gasteiger partial charge < -0.3 is 15.4 Å². The number of hydrogen-bond donors (Lipinski definition) is 2. The van der Waals surface area contributed by atoms with Crippen LogP contribution >= 0.6 is 0 Å². The van der Waals surface area contributed by atoms with Crippen molar-refractivity contribution in [3.05, 3.63) is 35.9 Å². The van der Waals surface area contributed by atoms with Crippen molar-refractivity contribution in [1.29, 1.82) is 0 Å². The molecule has 2 amide bonds. The van der Waals surface area contributed by atoms with Crippen LogP contribution in [0.15, 0.2) is 30.3 Å². The molecule has 0 heterocycles. The monoisotopic (exact) mass is 334 g/mol. The topological polar surface area (TPSA) is 84.5 Å². The van der Waals surface area contributed by atoms with Crippen molar-refractivity contribution in [1.82, 2.24) is 10.6 Å². The Balaban J connectivity index is 2.10. The zero-order valence-corrected chi connectivity index (χ0v) is 14.2. The smallest absolute Gasteiger partial charge is 0.407 e. The molecule has 0 aliphatic rings. The van der Waals surface area contributed by atoms with E-state index in [1.54, 1.807) is 0 Å². The van der Waals surface area contributed by atoms with E-state index < -0.39 is 17.8 Å². The van der Waals surface area contributed by atoms with Crippen molar-refractivity contribution in [3.63, 3.8) is 0 Å². The molecule has 0 aliphatic heterocycles. The van der Waals surface area contributed by atoms with Gasteiger partial charge in [0.25, 0.3) is 5.91 Å². The third-order valence-corrected chi connectivity index (χ3v) is 3.42. The Bertz CT molecular complexity index is 517. The lowest BCUT2D eigenvalue weighted by Crippen LogP contribution is -2.40. The number of benzene rings is 1. The Hall–Kier alpha value is -2.37. The number of amides is 2. The fourth-order valence-corrected chi connectivity index (χ4v) is 2.04. The average molecular weight is 334 g/mol. The fraction of sp³-hybridized carbons (Fsp3) is 0.500. The third-order valence-electron chi connectivity index (χ3n) is 3.42. The molecule has 2 N–H and O–H groups in total. The molecule has 6 nitrogen and oxygen atoms in total. The molecule has 1 aromatic rings. The summed E-state index contributed by atoms with van der Waals surface area (Å²) in [6, 6.07) is 9.65. The zero-order chi connectivity index (χ0) is 17.6. The number of ether oxygens (including phenoxy) is 1. The first kappa shape index (κ1) is 19.7. The highest BCUT2D eigenvalue weighted by molar-refractivity contribution is 6.37. The molecule has 0 atom stereocenters. The molecule has 0 radical (unpaired) electrons. The molecule has 24 heavy (non-hydrogen) atoms. The summed E-state index contributed by atoms with van der Waals surface area (Å²) < 4.78 is 4.92. The van der Waals surface area contributed by atoms with Gasteiger partial charge in [-0.3, -0.25) is 9.59 Å². The van der Waals surface area contributed by atoms with Crippen molar-refractivity contribution in [2.24, 2.45) is 0 Å². The number of Topliss-reactive ketones (excluding diaryl/α,β-unsaturated/α-hetero) is 1. The Morgan fingerprint density at radius 1 is 1.00 bits per heavy atom. The third kappa shape index (κ3) is 8.92. The van der Waals surface area contributed by atoms with Gasteiger partial charge in [-0.2, -0.15) is 0 Å². The average Bonchev–Trinajstić information content (AvgIpc) is 2.60. The van der Waals surface area contributed by atoms with Crippen LogP contribution in [0.4, 0.5) is 4.79 Å². The van der Waals surface area contributed by atoms with Crippen LogP contribution in [0.3, 0.4) is 0 Å².